The predicted molar refractivity (Wildman–Crippen MR) is 66.6 cm³/mol. The average Bonchev–Trinajstić information content (AvgIpc) is 2.34. The molecule has 0 aromatic heterocycles. The number of carbonyl (C=O) groups is 2. The van der Waals surface area contributed by atoms with Gasteiger partial charge in [-0.05, 0) is 12.5 Å². The molecule has 1 amide bonds. The molecular weight excluding hydrogens is 220 g/mol. The fourth-order valence-corrected chi connectivity index (χ4v) is 1.42. The van der Waals surface area contributed by atoms with Gasteiger partial charge in [-0.15, -0.1) is 0 Å². The maximum absolute atomic E-state index is 11.6. The molecule has 0 heterocycles. The summed E-state index contributed by atoms with van der Waals surface area (Å²) >= 11 is 0. The van der Waals surface area contributed by atoms with Crippen molar-refractivity contribution in [3.63, 3.8) is 0 Å². The molecule has 0 aromatic carbocycles. The van der Waals surface area contributed by atoms with Crippen LogP contribution in [0.1, 0.15) is 33.6 Å². The van der Waals surface area contributed by atoms with Gasteiger partial charge in [-0.2, -0.15) is 0 Å². The van der Waals surface area contributed by atoms with Gasteiger partial charge < -0.3 is 15.4 Å². The lowest BCUT2D eigenvalue weighted by molar-refractivity contribution is -0.146. The number of ether oxygens (including phenoxy) is 1. The van der Waals surface area contributed by atoms with Gasteiger partial charge in [0.05, 0.1) is 7.11 Å². The standard InChI is InChI=1S/C12H24N2O3/c1-5-9(3)11(12(16)17-4)14-10(15)7-8-13-6-2/h9,11,13H,5-8H2,1-4H3,(H,14,15). The highest BCUT2D eigenvalue weighted by molar-refractivity contribution is 5.84. The fraction of sp³-hybridized carbons (Fsp3) is 0.833. The molecule has 0 aromatic rings. The van der Waals surface area contributed by atoms with Crippen LogP contribution in [-0.2, 0) is 14.3 Å². The van der Waals surface area contributed by atoms with Crippen LogP contribution in [0.4, 0.5) is 0 Å². The Morgan fingerprint density at radius 1 is 1.29 bits per heavy atom. The highest BCUT2D eigenvalue weighted by atomic mass is 16.5. The molecular formula is C12H24N2O3. The van der Waals surface area contributed by atoms with Crippen LogP contribution in [0.3, 0.4) is 0 Å². The van der Waals surface area contributed by atoms with Gasteiger partial charge in [-0.1, -0.05) is 27.2 Å². The third kappa shape index (κ3) is 6.26. The summed E-state index contributed by atoms with van der Waals surface area (Å²) in [5, 5.41) is 5.79. The summed E-state index contributed by atoms with van der Waals surface area (Å²) in [5.74, 6) is -0.427. The molecule has 5 nitrogen and oxygen atoms in total. The number of hydrogen-bond acceptors (Lipinski definition) is 4. The summed E-state index contributed by atoms with van der Waals surface area (Å²) in [6, 6.07) is -0.542. The Bertz CT molecular complexity index is 244. The molecule has 0 spiro atoms. The predicted octanol–water partition coefficient (Wildman–Crippen LogP) is 0.690. The van der Waals surface area contributed by atoms with Gasteiger partial charge in [-0.3, -0.25) is 4.79 Å². The smallest absolute Gasteiger partial charge is 0.328 e. The molecule has 0 radical (unpaired) electrons. The van der Waals surface area contributed by atoms with Crippen LogP contribution in [0.15, 0.2) is 0 Å². The Balaban J connectivity index is 4.23. The van der Waals surface area contributed by atoms with E-state index < -0.39 is 6.04 Å². The van der Waals surface area contributed by atoms with E-state index in [2.05, 4.69) is 10.6 Å². The third-order valence-corrected chi connectivity index (χ3v) is 2.76. The monoisotopic (exact) mass is 244 g/mol. The average molecular weight is 244 g/mol. The van der Waals surface area contributed by atoms with Crippen molar-refractivity contribution in [2.24, 2.45) is 5.92 Å². The molecule has 5 heteroatoms. The molecule has 0 saturated heterocycles. The van der Waals surface area contributed by atoms with E-state index in [-0.39, 0.29) is 17.8 Å². The quantitative estimate of drug-likeness (QED) is 0.487. The lowest BCUT2D eigenvalue weighted by Gasteiger charge is -2.21. The Hall–Kier alpha value is -1.10. The Labute approximate surface area is 103 Å². The Kier molecular flexibility index (Phi) is 8.40. The molecule has 2 unspecified atom stereocenters. The number of rotatable bonds is 8. The van der Waals surface area contributed by atoms with E-state index >= 15 is 0 Å². The summed E-state index contributed by atoms with van der Waals surface area (Å²) in [7, 11) is 1.34. The molecule has 0 fully saturated rings. The SMILES string of the molecule is CCNCCC(=O)NC(C(=O)OC)C(C)CC. The van der Waals surface area contributed by atoms with Gasteiger partial charge in [0.2, 0.25) is 5.91 Å². The minimum Gasteiger partial charge on any atom is -0.467 e. The van der Waals surface area contributed by atoms with Gasteiger partial charge in [0.1, 0.15) is 6.04 Å². The first kappa shape index (κ1) is 15.9. The van der Waals surface area contributed by atoms with Crippen LogP contribution in [0, 0.1) is 5.92 Å². The van der Waals surface area contributed by atoms with Crippen molar-refractivity contribution in [3.8, 4) is 0 Å². The van der Waals surface area contributed by atoms with Gasteiger partial charge >= 0.3 is 5.97 Å². The van der Waals surface area contributed by atoms with E-state index in [1.165, 1.54) is 7.11 Å². The topological polar surface area (TPSA) is 67.4 Å². The first-order valence-corrected chi connectivity index (χ1v) is 6.14. The minimum absolute atomic E-state index is 0.0746. The summed E-state index contributed by atoms with van der Waals surface area (Å²) in [6.45, 7) is 7.34. The second kappa shape index (κ2) is 8.98. The fourth-order valence-electron chi connectivity index (χ4n) is 1.42. The summed E-state index contributed by atoms with van der Waals surface area (Å²) in [5.41, 5.74) is 0. The Morgan fingerprint density at radius 2 is 1.94 bits per heavy atom. The largest absolute Gasteiger partial charge is 0.467 e. The molecule has 17 heavy (non-hydrogen) atoms. The van der Waals surface area contributed by atoms with Crippen molar-refractivity contribution in [1.29, 1.82) is 0 Å². The Morgan fingerprint density at radius 3 is 2.41 bits per heavy atom. The number of amides is 1. The van der Waals surface area contributed by atoms with Crippen LogP contribution in [0.5, 0.6) is 0 Å². The molecule has 0 aliphatic carbocycles. The molecule has 2 atom stereocenters. The van der Waals surface area contributed by atoms with Crippen LogP contribution >= 0.6 is 0 Å². The van der Waals surface area contributed by atoms with Gasteiger partial charge in [0, 0.05) is 13.0 Å². The zero-order valence-corrected chi connectivity index (χ0v) is 11.2. The van der Waals surface area contributed by atoms with Gasteiger partial charge in [0.25, 0.3) is 0 Å². The number of carbonyl (C=O) groups excluding carboxylic acids is 2. The maximum Gasteiger partial charge on any atom is 0.328 e. The van der Waals surface area contributed by atoms with Crippen molar-refractivity contribution in [2.75, 3.05) is 20.2 Å². The summed E-state index contributed by atoms with van der Waals surface area (Å²) in [4.78, 5) is 23.1. The number of esters is 1. The van der Waals surface area contributed by atoms with Crippen LogP contribution < -0.4 is 10.6 Å². The summed E-state index contributed by atoms with van der Waals surface area (Å²) in [6.07, 6.45) is 1.19. The normalized spacial score (nSPS) is 13.9. The molecule has 0 aliphatic heterocycles. The second-order valence-corrected chi connectivity index (χ2v) is 4.06. The van der Waals surface area contributed by atoms with Crippen molar-refractivity contribution in [2.45, 2.75) is 39.7 Å². The molecule has 2 N–H and O–H groups in total. The maximum atomic E-state index is 11.6. The summed E-state index contributed by atoms with van der Waals surface area (Å²) < 4.78 is 4.69. The number of nitrogens with one attached hydrogen (secondary N) is 2. The van der Waals surface area contributed by atoms with E-state index in [4.69, 9.17) is 4.74 Å². The highest BCUT2D eigenvalue weighted by Gasteiger charge is 2.26. The third-order valence-electron chi connectivity index (χ3n) is 2.76. The first-order valence-electron chi connectivity index (χ1n) is 6.14. The van der Waals surface area contributed by atoms with Gasteiger partial charge in [0.15, 0.2) is 0 Å². The van der Waals surface area contributed by atoms with Crippen LogP contribution in [0.2, 0.25) is 0 Å². The van der Waals surface area contributed by atoms with E-state index in [9.17, 15) is 9.59 Å². The van der Waals surface area contributed by atoms with E-state index in [1.54, 1.807) is 0 Å². The van der Waals surface area contributed by atoms with Crippen molar-refractivity contribution >= 4 is 11.9 Å². The molecule has 0 rings (SSSR count). The lowest BCUT2D eigenvalue weighted by Crippen LogP contribution is -2.46. The number of hydrogen-bond donors (Lipinski definition) is 2. The second-order valence-electron chi connectivity index (χ2n) is 4.06. The van der Waals surface area contributed by atoms with Crippen molar-refractivity contribution in [3.05, 3.63) is 0 Å². The minimum atomic E-state index is -0.542. The zero-order valence-electron chi connectivity index (χ0n) is 11.2. The van der Waals surface area contributed by atoms with E-state index in [1.807, 2.05) is 20.8 Å². The lowest BCUT2D eigenvalue weighted by atomic mass is 9.99. The van der Waals surface area contributed by atoms with Crippen molar-refractivity contribution in [1.82, 2.24) is 10.6 Å². The van der Waals surface area contributed by atoms with Gasteiger partial charge in [-0.25, -0.2) is 4.79 Å². The first-order chi connectivity index (χ1) is 8.06. The van der Waals surface area contributed by atoms with Crippen LogP contribution in [-0.4, -0.2) is 38.1 Å². The molecule has 0 bridgehead atoms. The van der Waals surface area contributed by atoms with Crippen LogP contribution in [0.25, 0.3) is 0 Å². The number of methoxy groups -OCH3 is 1. The molecule has 0 aliphatic rings. The van der Waals surface area contributed by atoms with E-state index in [0.717, 1.165) is 13.0 Å². The highest BCUT2D eigenvalue weighted by Crippen LogP contribution is 2.09. The molecule has 100 valence electrons. The zero-order chi connectivity index (χ0) is 13.3. The van der Waals surface area contributed by atoms with E-state index in [0.29, 0.717) is 13.0 Å². The molecule has 0 saturated carbocycles. The van der Waals surface area contributed by atoms with Crippen molar-refractivity contribution < 1.29 is 14.3 Å².